The molecule has 1 fully saturated rings. The van der Waals surface area contributed by atoms with Crippen molar-refractivity contribution < 1.29 is 23.7 Å². The van der Waals surface area contributed by atoms with Crippen LogP contribution < -0.4 is 5.73 Å². The van der Waals surface area contributed by atoms with Crippen LogP contribution in [0.1, 0.15) is 6.92 Å². The smallest absolute Gasteiger partial charge is 0.263 e. The Morgan fingerprint density at radius 3 is 2.74 bits per heavy atom. The Balaban J connectivity index is 2.32. The van der Waals surface area contributed by atoms with E-state index in [1.807, 2.05) is 0 Å². The first-order valence-corrected chi connectivity index (χ1v) is 5.56. The van der Waals surface area contributed by atoms with Gasteiger partial charge in [-0.2, -0.15) is 0 Å². The number of hydrogen-bond donors (Lipinski definition) is 3. The number of aliphatic imine (C=N–C) groups is 1. The number of nitrogens with zero attached hydrogens (tertiary/aromatic N) is 2. The van der Waals surface area contributed by atoms with E-state index in [9.17, 15) is 13.9 Å². The van der Waals surface area contributed by atoms with Gasteiger partial charge in [0.25, 0.3) is 5.85 Å². The third kappa shape index (κ3) is 2.01. The van der Waals surface area contributed by atoms with Crippen LogP contribution in [-0.2, 0) is 4.74 Å². The van der Waals surface area contributed by atoms with Crippen LogP contribution >= 0.6 is 0 Å². The maximum absolute atomic E-state index is 14.5. The van der Waals surface area contributed by atoms with Gasteiger partial charge in [0.05, 0.1) is 0 Å². The lowest BCUT2D eigenvalue weighted by molar-refractivity contribution is -0.209. The zero-order valence-electron chi connectivity index (χ0n) is 10.3. The maximum atomic E-state index is 14.5. The van der Waals surface area contributed by atoms with Crippen LogP contribution in [0, 0.1) is 0 Å². The molecule has 4 atom stereocenters. The van der Waals surface area contributed by atoms with Gasteiger partial charge in [0.2, 0.25) is 0 Å². The molecule has 0 radical (unpaired) electrons. The van der Waals surface area contributed by atoms with Gasteiger partial charge in [-0.15, -0.1) is 0 Å². The van der Waals surface area contributed by atoms with E-state index in [4.69, 9.17) is 15.6 Å². The van der Waals surface area contributed by atoms with Crippen molar-refractivity contribution in [2.24, 2.45) is 10.7 Å². The van der Waals surface area contributed by atoms with Crippen molar-refractivity contribution in [1.29, 1.82) is 0 Å². The highest BCUT2D eigenvalue weighted by Gasteiger charge is 2.65. The van der Waals surface area contributed by atoms with Gasteiger partial charge in [-0.25, -0.2) is 13.8 Å². The zero-order chi connectivity index (χ0) is 14.4. The fourth-order valence-electron chi connectivity index (χ4n) is 2.07. The summed E-state index contributed by atoms with van der Waals surface area (Å²) in [6, 6.07) is 0. The van der Waals surface area contributed by atoms with Gasteiger partial charge in [-0.1, -0.05) is 6.58 Å². The van der Waals surface area contributed by atoms with Crippen LogP contribution in [0.3, 0.4) is 0 Å². The normalized spacial score (nSPS) is 42.7. The van der Waals surface area contributed by atoms with Crippen molar-refractivity contribution in [1.82, 2.24) is 4.90 Å². The molecule has 0 aromatic heterocycles. The van der Waals surface area contributed by atoms with E-state index in [0.29, 0.717) is 0 Å². The molecular formula is C11H15F2N3O3. The number of ether oxygens (including phenoxy) is 1. The van der Waals surface area contributed by atoms with Crippen LogP contribution in [0.15, 0.2) is 29.7 Å². The highest BCUT2D eigenvalue weighted by molar-refractivity contribution is 5.92. The van der Waals surface area contributed by atoms with E-state index < -0.39 is 30.5 Å². The summed E-state index contributed by atoms with van der Waals surface area (Å²) in [5, 5.41) is 18.6. The van der Waals surface area contributed by atoms with Crippen molar-refractivity contribution >= 4 is 5.84 Å². The number of alkyl halides is 2. The monoisotopic (exact) mass is 275 g/mol. The highest BCUT2D eigenvalue weighted by atomic mass is 19.2. The molecular weight excluding hydrogens is 260 g/mol. The lowest BCUT2D eigenvalue weighted by Crippen LogP contribution is -2.49. The third-order valence-electron chi connectivity index (χ3n) is 3.16. The standard InChI is InChI=1S/C11H15F2N3O3/c1-6-15-7(14)3-4-16(6)9-10(2,12)8(18)11(13,5-17)19-9/h3-4,8-9,17-18H,1,5H2,2H3,(H2,14,15)/t8-,9+,10+,11+/m0/s1. The van der Waals surface area contributed by atoms with Crippen molar-refractivity contribution in [2.75, 3.05) is 6.61 Å². The molecule has 0 bridgehead atoms. The largest absolute Gasteiger partial charge is 0.390 e. The second-order valence-electron chi connectivity index (χ2n) is 4.64. The Bertz CT molecular complexity index is 466. The van der Waals surface area contributed by atoms with Gasteiger partial charge in [0, 0.05) is 6.20 Å². The Morgan fingerprint density at radius 2 is 2.26 bits per heavy atom. The van der Waals surface area contributed by atoms with Gasteiger partial charge in [0.1, 0.15) is 18.3 Å². The molecule has 0 aromatic carbocycles. The SMILES string of the molecule is C=C1N=C(N)C=CN1[C@@H]1O[C@](F)(CO)[C@@H](O)[C@@]1(C)F. The third-order valence-corrected chi connectivity index (χ3v) is 3.16. The first kappa shape index (κ1) is 13.9. The molecule has 2 rings (SSSR count). The Kier molecular flexibility index (Phi) is 3.12. The van der Waals surface area contributed by atoms with Crippen LogP contribution in [0.25, 0.3) is 0 Å². The number of nitrogens with two attached hydrogens (primary N) is 1. The molecule has 2 aliphatic heterocycles. The van der Waals surface area contributed by atoms with E-state index in [1.54, 1.807) is 0 Å². The molecule has 0 aromatic rings. The minimum absolute atomic E-state index is 0.0447. The quantitative estimate of drug-likeness (QED) is 0.646. The molecule has 2 aliphatic rings. The van der Waals surface area contributed by atoms with Crippen LogP contribution in [-0.4, -0.2) is 51.4 Å². The second-order valence-corrected chi connectivity index (χ2v) is 4.64. The molecule has 106 valence electrons. The minimum Gasteiger partial charge on any atom is -0.390 e. The number of halogens is 2. The van der Waals surface area contributed by atoms with Gasteiger partial charge >= 0.3 is 0 Å². The lowest BCUT2D eigenvalue weighted by Gasteiger charge is -2.33. The first-order valence-electron chi connectivity index (χ1n) is 5.56. The molecule has 0 unspecified atom stereocenters. The molecule has 0 spiro atoms. The fourth-order valence-corrected chi connectivity index (χ4v) is 2.07. The van der Waals surface area contributed by atoms with Crippen LogP contribution in [0.2, 0.25) is 0 Å². The molecule has 6 nitrogen and oxygen atoms in total. The average molecular weight is 275 g/mol. The Morgan fingerprint density at radius 1 is 1.63 bits per heavy atom. The number of aliphatic hydroxyl groups excluding tert-OH is 2. The van der Waals surface area contributed by atoms with Crippen molar-refractivity contribution in [2.45, 2.75) is 30.8 Å². The maximum Gasteiger partial charge on any atom is 0.263 e. The highest BCUT2D eigenvalue weighted by Crippen LogP contribution is 2.44. The zero-order valence-corrected chi connectivity index (χ0v) is 10.3. The van der Waals surface area contributed by atoms with Gasteiger partial charge < -0.3 is 25.6 Å². The van der Waals surface area contributed by atoms with Gasteiger partial charge in [-0.3, -0.25) is 0 Å². The van der Waals surface area contributed by atoms with Crippen molar-refractivity contribution in [3.63, 3.8) is 0 Å². The summed E-state index contributed by atoms with van der Waals surface area (Å²) in [6.07, 6.45) is -0.972. The van der Waals surface area contributed by atoms with Crippen LogP contribution in [0.5, 0.6) is 0 Å². The van der Waals surface area contributed by atoms with Crippen molar-refractivity contribution in [3.8, 4) is 0 Å². The Labute approximate surface area is 108 Å². The van der Waals surface area contributed by atoms with E-state index in [-0.39, 0.29) is 11.7 Å². The van der Waals surface area contributed by atoms with E-state index >= 15 is 0 Å². The number of rotatable bonds is 2. The van der Waals surface area contributed by atoms with Crippen molar-refractivity contribution in [3.05, 3.63) is 24.7 Å². The molecule has 4 N–H and O–H groups in total. The summed E-state index contributed by atoms with van der Waals surface area (Å²) in [7, 11) is 0. The summed E-state index contributed by atoms with van der Waals surface area (Å²) >= 11 is 0. The van der Waals surface area contributed by atoms with E-state index in [2.05, 4.69) is 11.6 Å². The first-order chi connectivity index (χ1) is 8.72. The topological polar surface area (TPSA) is 91.3 Å². The molecule has 1 saturated heterocycles. The molecule has 0 aliphatic carbocycles. The average Bonchev–Trinajstić information content (AvgIpc) is 2.51. The molecule has 19 heavy (non-hydrogen) atoms. The minimum atomic E-state index is -2.88. The number of hydrogen-bond acceptors (Lipinski definition) is 6. The Hall–Kier alpha value is -1.51. The number of aliphatic hydroxyl groups is 2. The fraction of sp³-hybridized carbons (Fsp3) is 0.545. The predicted molar refractivity (Wildman–Crippen MR) is 63.1 cm³/mol. The second kappa shape index (κ2) is 4.26. The van der Waals surface area contributed by atoms with E-state index in [0.717, 1.165) is 11.8 Å². The van der Waals surface area contributed by atoms with Gasteiger partial charge in [0.15, 0.2) is 18.0 Å². The number of amidine groups is 1. The summed E-state index contributed by atoms with van der Waals surface area (Å²) in [4.78, 5) is 4.91. The molecule has 2 heterocycles. The summed E-state index contributed by atoms with van der Waals surface area (Å²) < 4.78 is 33.4. The van der Waals surface area contributed by atoms with E-state index in [1.165, 1.54) is 12.3 Å². The summed E-state index contributed by atoms with van der Waals surface area (Å²) in [5.74, 6) is -2.67. The lowest BCUT2D eigenvalue weighted by atomic mass is 9.96. The summed E-state index contributed by atoms with van der Waals surface area (Å²) in [6.45, 7) is 3.36. The summed E-state index contributed by atoms with van der Waals surface area (Å²) in [5.41, 5.74) is 2.97. The van der Waals surface area contributed by atoms with Gasteiger partial charge in [-0.05, 0) is 13.0 Å². The molecule has 0 amide bonds. The predicted octanol–water partition coefficient (Wildman–Crippen LogP) is -0.252. The molecule has 8 heteroatoms. The molecule has 0 saturated carbocycles. The van der Waals surface area contributed by atoms with Crippen LogP contribution in [0.4, 0.5) is 8.78 Å².